The highest BCUT2D eigenvalue weighted by Gasteiger charge is 2.23. The molecule has 1 fully saturated rings. The van der Waals surface area contributed by atoms with E-state index in [0.717, 1.165) is 25.9 Å². The molecule has 1 aliphatic rings. The molecule has 1 amide bonds. The molecule has 0 spiro atoms. The molecule has 0 aromatic carbocycles. The quantitative estimate of drug-likeness (QED) is 0.629. The van der Waals surface area contributed by atoms with Crippen LogP contribution in [0.5, 0.6) is 0 Å². The molecule has 14 heavy (non-hydrogen) atoms. The second kappa shape index (κ2) is 4.95. The molecule has 0 aromatic heterocycles. The number of aliphatic carboxylic acids is 1. The number of nitrogens with zero attached hydrogens (tertiary/aromatic N) is 2. The topological polar surface area (TPSA) is 60.9 Å². The molecule has 0 unspecified atom stereocenters. The van der Waals surface area contributed by atoms with Gasteiger partial charge in [0, 0.05) is 12.6 Å². The van der Waals surface area contributed by atoms with Crippen molar-refractivity contribution in [3.8, 4) is 0 Å². The maximum atomic E-state index is 10.7. The lowest BCUT2D eigenvalue weighted by Gasteiger charge is -2.35. The molecule has 0 saturated carbocycles. The molecule has 1 saturated heterocycles. The lowest BCUT2D eigenvalue weighted by atomic mass is 10.1. The number of rotatable bonds is 4. The fourth-order valence-corrected chi connectivity index (χ4v) is 1.82. The molecular weight excluding hydrogens is 184 g/mol. The summed E-state index contributed by atoms with van der Waals surface area (Å²) in [6.45, 7) is 1.60. The van der Waals surface area contributed by atoms with Crippen LogP contribution in [0.2, 0.25) is 0 Å². The van der Waals surface area contributed by atoms with Crippen molar-refractivity contribution < 1.29 is 14.7 Å². The van der Waals surface area contributed by atoms with Gasteiger partial charge in [0.25, 0.3) is 0 Å². The Morgan fingerprint density at radius 2 is 2.43 bits per heavy atom. The predicted molar refractivity (Wildman–Crippen MR) is 50.9 cm³/mol. The van der Waals surface area contributed by atoms with Gasteiger partial charge in [0.15, 0.2) is 0 Å². The van der Waals surface area contributed by atoms with Crippen LogP contribution in [-0.2, 0) is 9.59 Å². The highest BCUT2D eigenvalue weighted by Crippen LogP contribution is 2.12. The molecule has 5 nitrogen and oxygen atoms in total. The number of carboxylic acids is 1. The summed E-state index contributed by atoms with van der Waals surface area (Å²) in [6, 6.07) is 0.0577. The molecule has 1 heterocycles. The summed E-state index contributed by atoms with van der Waals surface area (Å²) >= 11 is 0. The van der Waals surface area contributed by atoms with E-state index >= 15 is 0 Å². The zero-order chi connectivity index (χ0) is 10.6. The van der Waals surface area contributed by atoms with Crippen molar-refractivity contribution in [2.45, 2.75) is 18.9 Å². The summed E-state index contributed by atoms with van der Waals surface area (Å²) < 4.78 is 0. The van der Waals surface area contributed by atoms with Gasteiger partial charge < -0.3 is 14.9 Å². The first-order chi connectivity index (χ1) is 6.63. The Labute approximate surface area is 83.3 Å². The van der Waals surface area contributed by atoms with E-state index in [1.54, 1.807) is 0 Å². The third-order valence-electron chi connectivity index (χ3n) is 2.52. The molecule has 0 aromatic rings. The van der Waals surface area contributed by atoms with Gasteiger partial charge in [-0.05, 0) is 26.4 Å². The predicted octanol–water partition coefficient (Wildman–Crippen LogP) is -0.376. The lowest BCUT2D eigenvalue weighted by Crippen LogP contribution is -2.47. The average Bonchev–Trinajstić information content (AvgIpc) is 2.14. The van der Waals surface area contributed by atoms with E-state index in [2.05, 4.69) is 4.90 Å². The average molecular weight is 200 g/mol. The van der Waals surface area contributed by atoms with E-state index in [9.17, 15) is 9.59 Å². The third-order valence-corrected chi connectivity index (χ3v) is 2.52. The molecular formula is C9H16N2O3. The highest BCUT2D eigenvalue weighted by molar-refractivity contribution is 5.72. The summed E-state index contributed by atoms with van der Waals surface area (Å²) in [4.78, 5) is 24.7. The van der Waals surface area contributed by atoms with Crippen LogP contribution in [-0.4, -0.2) is 60.0 Å². The van der Waals surface area contributed by atoms with E-state index in [1.807, 2.05) is 7.05 Å². The van der Waals surface area contributed by atoms with Gasteiger partial charge in [-0.25, -0.2) is 0 Å². The summed E-state index contributed by atoms with van der Waals surface area (Å²) in [6.07, 6.45) is 2.55. The Bertz CT molecular complexity index is 220. The Morgan fingerprint density at radius 1 is 1.71 bits per heavy atom. The number of hydrogen-bond donors (Lipinski definition) is 1. The largest absolute Gasteiger partial charge is 0.480 e. The number of hydrogen-bond acceptors (Lipinski definition) is 3. The van der Waals surface area contributed by atoms with Gasteiger partial charge in [-0.1, -0.05) is 0 Å². The maximum Gasteiger partial charge on any atom is 0.323 e. The normalized spacial score (nSPS) is 23.1. The van der Waals surface area contributed by atoms with Gasteiger partial charge >= 0.3 is 5.97 Å². The minimum Gasteiger partial charge on any atom is -0.480 e. The van der Waals surface area contributed by atoms with Crippen molar-refractivity contribution in [2.75, 3.05) is 26.7 Å². The fourth-order valence-electron chi connectivity index (χ4n) is 1.82. The molecule has 1 rings (SSSR count). The van der Waals surface area contributed by atoms with Crippen molar-refractivity contribution in [3.05, 3.63) is 0 Å². The molecule has 1 N–H and O–H groups in total. The number of carbonyl (C=O) groups is 2. The van der Waals surface area contributed by atoms with E-state index in [4.69, 9.17) is 5.11 Å². The third kappa shape index (κ3) is 2.99. The van der Waals surface area contributed by atoms with Gasteiger partial charge in [-0.2, -0.15) is 0 Å². The second-order valence-corrected chi connectivity index (χ2v) is 3.73. The van der Waals surface area contributed by atoms with Crippen molar-refractivity contribution in [2.24, 2.45) is 0 Å². The maximum absolute atomic E-state index is 10.7. The van der Waals surface area contributed by atoms with Gasteiger partial charge in [0.05, 0.1) is 0 Å². The van der Waals surface area contributed by atoms with Crippen LogP contribution in [0.4, 0.5) is 0 Å². The first-order valence-electron chi connectivity index (χ1n) is 4.75. The van der Waals surface area contributed by atoms with Gasteiger partial charge in [0.2, 0.25) is 6.41 Å². The summed E-state index contributed by atoms with van der Waals surface area (Å²) in [7, 11) is 1.98. The molecule has 0 radical (unpaired) electrons. The van der Waals surface area contributed by atoms with Gasteiger partial charge in [-0.15, -0.1) is 0 Å². The minimum atomic E-state index is -0.953. The number of likely N-dealkylation sites (N-methyl/N-ethyl adjacent to an activating group) is 1. The van der Waals surface area contributed by atoms with Crippen molar-refractivity contribution in [1.29, 1.82) is 0 Å². The zero-order valence-corrected chi connectivity index (χ0v) is 8.35. The van der Waals surface area contributed by atoms with Crippen LogP contribution >= 0.6 is 0 Å². The monoisotopic (exact) mass is 200 g/mol. The van der Waals surface area contributed by atoms with Crippen molar-refractivity contribution in [1.82, 2.24) is 9.80 Å². The number of carboxylic acid groups (broad SMARTS) is 1. The Kier molecular flexibility index (Phi) is 3.88. The smallest absolute Gasteiger partial charge is 0.323 e. The number of amides is 1. The summed E-state index contributed by atoms with van der Waals surface area (Å²) in [5.41, 5.74) is 0. The Morgan fingerprint density at radius 3 is 2.93 bits per heavy atom. The van der Waals surface area contributed by atoms with E-state index < -0.39 is 5.97 Å². The van der Waals surface area contributed by atoms with Gasteiger partial charge in [-0.3, -0.25) is 9.59 Å². The number of carbonyl (C=O) groups excluding carboxylic acids is 1. The summed E-state index contributed by atoms with van der Waals surface area (Å²) in [5, 5.41) is 8.60. The fraction of sp³-hybridized carbons (Fsp3) is 0.778. The lowest BCUT2D eigenvalue weighted by molar-refractivity contribution is -0.142. The van der Waals surface area contributed by atoms with Crippen LogP contribution < -0.4 is 0 Å². The van der Waals surface area contributed by atoms with E-state index in [-0.39, 0.29) is 12.6 Å². The zero-order valence-electron chi connectivity index (χ0n) is 8.35. The molecule has 80 valence electrons. The first kappa shape index (κ1) is 11.0. The second-order valence-electron chi connectivity index (χ2n) is 3.73. The molecule has 0 aliphatic carbocycles. The molecule has 1 atom stereocenters. The van der Waals surface area contributed by atoms with Crippen LogP contribution in [0.25, 0.3) is 0 Å². The van der Waals surface area contributed by atoms with E-state index in [1.165, 1.54) is 4.90 Å². The van der Waals surface area contributed by atoms with Crippen LogP contribution in [0, 0.1) is 0 Å². The van der Waals surface area contributed by atoms with Crippen LogP contribution in [0.3, 0.4) is 0 Å². The van der Waals surface area contributed by atoms with Crippen molar-refractivity contribution in [3.63, 3.8) is 0 Å². The Hall–Kier alpha value is -1.10. The minimum absolute atomic E-state index is 0.0577. The molecule has 1 aliphatic heterocycles. The standard InChI is InChI=1S/C9H16N2O3/c1-10-4-2-3-8(5-10)11(7-12)6-9(13)14/h7-8H,2-6H2,1H3,(H,13,14)/t8-/m0/s1. The summed E-state index contributed by atoms with van der Waals surface area (Å²) in [5.74, 6) is -0.953. The van der Waals surface area contributed by atoms with Crippen LogP contribution in [0.1, 0.15) is 12.8 Å². The molecule has 0 bridgehead atoms. The van der Waals surface area contributed by atoms with E-state index in [0.29, 0.717) is 6.41 Å². The van der Waals surface area contributed by atoms with Crippen LogP contribution in [0.15, 0.2) is 0 Å². The van der Waals surface area contributed by atoms with Crippen molar-refractivity contribution >= 4 is 12.4 Å². The Balaban J connectivity index is 2.50. The first-order valence-corrected chi connectivity index (χ1v) is 4.75. The number of likely N-dealkylation sites (tertiary alicyclic amines) is 1. The number of piperidine rings is 1. The van der Waals surface area contributed by atoms with Gasteiger partial charge in [0.1, 0.15) is 6.54 Å². The highest BCUT2D eigenvalue weighted by atomic mass is 16.4. The SMILES string of the molecule is CN1CCC[C@H](N(C=O)CC(=O)O)C1. The molecule has 5 heteroatoms.